The smallest absolute Gasteiger partial charge is 0.119 e. The van der Waals surface area contributed by atoms with Gasteiger partial charge in [0.15, 0.2) is 0 Å². The van der Waals surface area contributed by atoms with Gasteiger partial charge in [0.25, 0.3) is 0 Å². The maximum absolute atomic E-state index is 9.71. The van der Waals surface area contributed by atoms with Crippen LogP contribution >= 0.6 is 0 Å². The molecule has 0 saturated heterocycles. The summed E-state index contributed by atoms with van der Waals surface area (Å²) in [5.41, 5.74) is 0. The molecule has 0 rings (SSSR count). The van der Waals surface area contributed by atoms with E-state index in [2.05, 4.69) is 0 Å². The summed E-state index contributed by atoms with van der Waals surface area (Å²) in [4.78, 5) is 9.71. The van der Waals surface area contributed by atoms with Gasteiger partial charge in [0.1, 0.15) is 7.63 Å². The molecule has 0 radical (unpaired) electrons. The Morgan fingerprint density at radius 3 is 2.80 bits per heavy atom. The number of carbonyl (C=O) groups is 1. The fraction of sp³-hybridized carbons (Fsp3) is 0.750. The maximum atomic E-state index is 9.71. The minimum atomic E-state index is -0.461. The first kappa shape index (κ1) is 2.88. The molecule has 0 atom stereocenters. The van der Waals surface area contributed by atoms with Gasteiger partial charge >= 0.3 is 0 Å². The monoisotopic (exact) mass is 73.1 g/mol. The predicted molar refractivity (Wildman–Crippen MR) is 21.0 cm³/mol. The molecular weight excluding hydrogens is 64.0 g/mol. The Kier molecular flexibility index (Phi) is 2.12. The molecule has 1 nitrogen and oxygen atoms in total. The van der Waals surface area contributed by atoms with Crippen molar-refractivity contribution in [2.75, 3.05) is 0 Å². The van der Waals surface area contributed by atoms with Crippen LogP contribution in [0, 0.1) is 0 Å². The van der Waals surface area contributed by atoms with Crippen molar-refractivity contribution in [2.24, 2.45) is 0 Å². The number of hydrogen-bond donors (Lipinski definition) is 0. The molecule has 30 valence electrons. The summed E-state index contributed by atoms with van der Waals surface area (Å²) in [7, 11) is 0. The van der Waals surface area contributed by atoms with E-state index in [0.29, 0.717) is 6.42 Å². The number of aldehydes is 1. The molecule has 0 saturated carbocycles. The second-order valence-electron chi connectivity index (χ2n) is 0.894. The van der Waals surface area contributed by atoms with Gasteiger partial charge in [0.05, 0.1) is 0 Å². The second-order valence-corrected chi connectivity index (χ2v) is 0.894. The molecule has 5 heavy (non-hydrogen) atoms. The largest absolute Gasteiger partial charge is 0.303 e. The predicted octanol–water partition coefficient (Wildman–Crippen LogP) is 0.985. The highest BCUT2D eigenvalue weighted by atomic mass is 16.1. The van der Waals surface area contributed by atoms with Crippen LogP contribution < -0.4 is 0 Å². The summed E-state index contributed by atoms with van der Waals surface area (Å²) in [6.07, 6.45) is 0.736. The van der Waals surface area contributed by atoms with Crippen LogP contribution in [0.3, 0.4) is 0 Å². The van der Waals surface area contributed by atoms with E-state index in [1.54, 1.807) is 0 Å². The van der Waals surface area contributed by atoms with E-state index in [1.807, 2.05) is 6.92 Å². The topological polar surface area (TPSA) is 17.1 Å². The highest BCUT2D eigenvalue weighted by Gasteiger charge is 1.66. The van der Waals surface area contributed by atoms with Crippen molar-refractivity contribution in [2.45, 2.75) is 19.8 Å². The van der Waals surface area contributed by atoms with E-state index in [4.69, 9.17) is 1.37 Å². The Bertz CT molecular complexity index is 51.5. The van der Waals surface area contributed by atoms with Gasteiger partial charge in [-0.1, -0.05) is 6.92 Å². The fourth-order valence-corrected chi connectivity index (χ4v) is 0.102. The molecule has 0 fully saturated rings. The van der Waals surface area contributed by atoms with Crippen molar-refractivity contribution in [3.63, 3.8) is 0 Å². The SMILES string of the molecule is [2H]C(=O)CCC. The van der Waals surface area contributed by atoms with Crippen molar-refractivity contribution in [1.29, 1.82) is 0 Å². The van der Waals surface area contributed by atoms with Gasteiger partial charge in [-0.15, -0.1) is 0 Å². The molecule has 0 aromatic rings. The number of carbonyl (C=O) groups excluding carboxylic acids is 1. The lowest BCUT2D eigenvalue weighted by molar-refractivity contribution is -0.107. The summed E-state index contributed by atoms with van der Waals surface area (Å²) < 4.78 is 6.34. The number of rotatable bonds is 2. The van der Waals surface area contributed by atoms with Crippen LogP contribution in [-0.2, 0) is 4.79 Å². The molecule has 0 amide bonds. The van der Waals surface area contributed by atoms with Gasteiger partial charge in [-0.2, -0.15) is 0 Å². The zero-order valence-electron chi connectivity index (χ0n) is 4.32. The van der Waals surface area contributed by atoms with Crippen LogP contribution in [0.25, 0.3) is 0 Å². The highest BCUT2D eigenvalue weighted by Crippen LogP contribution is 1.74. The van der Waals surface area contributed by atoms with Crippen molar-refractivity contribution in [1.82, 2.24) is 0 Å². The molecule has 0 aromatic heterocycles. The first-order chi connectivity index (χ1) is 2.77. The number of hydrogen-bond acceptors (Lipinski definition) is 1. The van der Waals surface area contributed by atoms with E-state index in [9.17, 15) is 4.79 Å². The average Bonchev–Trinajstić information content (AvgIpc) is 1.35. The molecule has 0 bridgehead atoms. The molecule has 1 heteroatoms. The van der Waals surface area contributed by atoms with Crippen molar-refractivity contribution < 1.29 is 6.17 Å². The summed E-state index contributed by atoms with van der Waals surface area (Å²) in [6.45, 7) is 1.88. The van der Waals surface area contributed by atoms with Crippen LogP contribution in [0.15, 0.2) is 0 Å². The van der Waals surface area contributed by atoms with Gasteiger partial charge in [-0.05, 0) is 6.42 Å². The molecular formula is C4H8O. The zero-order valence-corrected chi connectivity index (χ0v) is 3.32. The van der Waals surface area contributed by atoms with E-state index in [1.165, 1.54) is 0 Å². The normalized spacial score (nSPS) is 10.2. The summed E-state index contributed by atoms with van der Waals surface area (Å²) in [6, 6.07) is 0. The third-order valence-electron chi connectivity index (χ3n) is 0.352. The first-order valence-electron chi connectivity index (χ1n) is 2.26. The Morgan fingerprint density at radius 1 is 2.20 bits per heavy atom. The lowest BCUT2D eigenvalue weighted by Crippen LogP contribution is -1.64. The Balaban J connectivity index is 2.83. The van der Waals surface area contributed by atoms with Crippen molar-refractivity contribution in [3.8, 4) is 0 Å². The Morgan fingerprint density at radius 2 is 2.80 bits per heavy atom. The van der Waals surface area contributed by atoms with Crippen LogP contribution in [-0.4, -0.2) is 6.26 Å². The molecule has 0 heterocycles. The summed E-state index contributed by atoms with van der Waals surface area (Å²) >= 11 is 0. The Labute approximate surface area is 33.4 Å². The Hall–Kier alpha value is -0.330. The molecule has 0 aliphatic rings. The standard InChI is InChI=1S/C4H8O/c1-2-3-4-5/h4H,2-3H2,1H3/i4D. The fourth-order valence-electron chi connectivity index (χ4n) is 0.102. The maximum Gasteiger partial charge on any atom is 0.119 e. The second kappa shape index (κ2) is 3.67. The summed E-state index contributed by atoms with van der Waals surface area (Å²) in [5.74, 6) is 0. The van der Waals surface area contributed by atoms with Crippen LogP contribution in [0.2, 0.25) is 0 Å². The average molecular weight is 73.1 g/mol. The van der Waals surface area contributed by atoms with Gasteiger partial charge in [0.2, 0.25) is 0 Å². The minimum absolute atomic E-state index is 0.403. The van der Waals surface area contributed by atoms with Gasteiger partial charge in [-0.3, -0.25) is 0 Å². The lowest BCUT2D eigenvalue weighted by Gasteiger charge is -1.68. The summed E-state index contributed by atoms with van der Waals surface area (Å²) in [5, 5.41) is 0. The lowest BCUT2D eigenvalue weighted by atomic mass is 10.4. The van der Waals surface area contributed by atoms with Crippen LogP contribution in [0.5, 0.6) is 0 Å². The van der Waals surface area contributed by atoms with E-state index >= 15 is 0 Å². The molecule has 0 unspecified atom stereocenters. The highest BCUT2D eigenvalue weighted by molar-refractivity contribution is 5.48. The van der Waals surface area contributed by atoms with Crippen LogP contribution in [0.4, 0.5) is 0 Å². The third-order valence-corrected chi connectivity index (χ3v) is 0.352. The van der Waals surface area contributed by atoms with Gasteiger partial charge in [0, 0.05) is 6.42 Å². The van der Waals surface area contributed by atoms with E-state index in [0.717, 1.165) is 6.42 Å². The zero-order chi connectivity index (χ0) is 4.99. The molecule has 0 aromatic carbocycles. The van der Waals surface area contributed by atoms with Crippen molar-refractivity contribution in [3.05, 3.63) is 0 Å². The third kappa shape index (κ3) is 3.67. The van der Waals surface area contributed by atoms with E-state index in [-0.39, 0.29) is 0 Å². The molecule has 0 N–H and O–H groups in total. The quantitative estimate of drug-likeness (QED) is 0.445. The van der Waals surface area contributed by atoms with Crippen molar-refractivity contribution >= 4 is 6.26 Å². The molecule has 0 aliphatic heterocycles. The first-order valence-corrected chi connectivity index (χ1v) is 1.76. The minimum Gasteiger partial charge on any atom is -0.303 e. The van der Waals surface area contributed by atoms with Gasteiger partial charge < -0.3 is 4.79 Å². The van der Waals surface area contributed by atoms with Gasteiger partial charge in [-0.25, -0.2) is 0 Å². The molecule has 0 aliphatic carbocycles. The molecule has 0 spiro atoms. The van der Waals surface area contributed by atoms with Crippen LogP contribution in [0.1, 0.15) is 21.1 Å². The van der Waals surface area contributed by atoms with E-state index < -0.39 is 6.26 Å².